The maximum atomic E-state index is 12.1. The van der Waals surface area contributed by atoms with Crippen LogP contribution < -0.4 is 10.1 Å². The van der Waals surface area contributed by atoms with Gasteiger partial charge < -0.3 is 15.2 Å². The maximum absolute atomic E-state index is 12.1. The third kappa shape index (κ3) is 3.88. The molecule has 0 heterocycles. The number of ether oxygens (including phenoxy) is 1. The summed E-state index contributed by atoms with van der Waals surface area (Å²) in [6, 6.07) is 6.90. The zero-order valence-corrected chi connectivity index (χ0v) is 12.5. The summed E-state index contributed by atoms with van der Waals surface area (Å²) >= 11 is 6.01. The Labute approximate surface area is 128 Å². The molecule has 0 aromatic heterocycles. The minimum atomic E-state index is -0.806. The predicted molar refractivity (Wildman–Crippen MR) is 78.4 cm³/mol. The standard InChI is InChI=1S/C15H18ClNO4/c1-2-12(21-13-6-4-3-5-11(13)16)14(18)17-10-7-9(8-10)15(19)20/h3-6,9-10,12H,2,7-8H2,1H3,(H,17,18)(H,19,20). The number of hydrogen-bond acceptors (Lipinski definition) is 3. The van der Waals surface area contributed by atoms with Crippen molar-refractivity contribution in [3.63, 3.8) is 0 Å². The van der Waals surface area contributed by atoms with E-state index in [1.54, 1.807) is 24.3 Å². The van der Waals surface area contributed by atoms with Crippen LogP contribution in [0.15, 0.2) is 24.3 Å². The molecule has 0 aliphatic heterocycles. The van der Waals surface area contributed by atoms with Crippen LogP contribution in [0.25, 0.3) is 0 Å². The molecule has 1 atom stereocenters. The lowest BCUT2D eigenvalue weighted by molar-refractivity contribution is -0.146. The Morgan fingerprint density at radius 1 is 1.43 bits per heavy atom. The van der Waals surface area contributed by atoms with Crippen molar-refractivity contribution < 1.29 is 19.4 Å². The summed E-state index contributed by atoms with van der Waals surface area (Å²) in [5, 5.41) is 12.1. The van der Waals surface area contributed by atoms with Crippen molar-refractivity contribution in [3.05, 3.63) is 29.3 Å². The van der Waals surface area contributed by atoms with Crippen LogP contribution in [0.1, 0.15) is 26.2 Å². The monoisotopic (exact) mass is 311 g/mol. The lowest BCUT2D eigenvalue weighted by atomic mass is 9.80. The van der Waals surface area contributed by atoms with E-state index in [2.05, 4.69) is 5.32 Å². The molecule has 1 unspecified atom stereocenters. The molecule has 21 heavy (non-hydrogen) atoms. The molecule has 1 aromatic carbocycles. The van der Waals surface area contributed by atoms with E-state index in [1.165, 1.54) is 0 Å². The number of amides is 1. The first kappa shape index (κ1) is 15.6. The molecule has 1 aliphatic rings. The fourth-order valence-corrected chi connectivity index (χ4v) is 2.43. The molecule has 1 fully saturated rings. The van der Waals surface area contributed by atoms with E-state index in [4.69, 9.17) is 21.4 Å². The van der Waals surface area contributed by atoms with Gasteiger partial charge in [-0.2, -0.15) is 0 Å². The molecular weight excluding hydrogens is 294 g/mol. The number of benzene rings is 1. The van der Waals surface area contributed by atoms with E-state index >= 15 is 0 Å². The number of hydrogen-bond donors (Lipinski definition) is 2. The summed E-state index contributed by atoms with van der Waals surface area (Å²) in [7, 11) is 0. The summed E-state index contributed by atoms with van der Waals surface area (Å²) in [5.41, 5.74) is 0. The average molecular weight is 312 g/mol. The minimum absolute atomic E-state index is 0.0810. The van der Waals surface area contributed by atoms with Gasteiger partial charge in [-0.15, -0.1) is 0 Å². The molecule has 0 radical (unpaired) electrons. The molecule has 1 aromatic rings. The van der Waals surface area contributed by atoms with Crippen LogP contribution in [0.4, 0.5) is 0 Å². The molecule has 6 heteroatoms. The van der Waals surface area contributed by atoms with Crippen molar-refractivity contribution in [1.29, 1.82) is 0 Å². The fourth-order valence-electron chi connectivity index (χ4n) is 2.25. The average Bonchev–Trinajstić information content (AvgIpc) is 2.40. The van der Waals surface area contributed by atoms with Gasteiger partial charge in [-0.3, -0.25) is 9.59 Å². The van der Waals surface area contributed by atoms with Gasteiger partial charge in [0.15, 0.2) is 6.10 Å². The van der Waals surface area contributed by atoms with Gasteiger partial charge in [-0.05, 0) is 31.4 Å². The Balaban J connectivity index is 1.88. The summed E-state index contributed by atoms with van der Waals surface area (Å²) in [6.07, 6.45) is 0.827. The number of nitrogens with one attached hydrogen (secondary N) is 1. The zero-order valence-electron chi connectivity index (χ0n) is 11.7. The van der Waals surface area contributed by atoms with Crippen molar-refractivity contribution in [2.45, 2.75) is 38.3 Å². The maximum Gasteiger partial charge on any atom is 0.306 e. The molecule has 0 spiro atoms. The van der Waals surface area contributed by atoms with E-state index < -0.39 is 12.1 Å². The highest BCUT2D eigenvalue weighted by Crippen LogP contribution is 2.28. The smallest absolute Gasteiger partial charge is 0.306 e. The number of carboxylic acid groups (broad SMARTS) is 1. The summed E-state index contributed by atoms with van der Waals surface area (Å²) in [4.78, 5) is 22.9. The third-order valence-electron chi connectivity index (χ3n) is 3.60. The Bertz CT molecular complexity index is 528. The lowest BCUT2D eigenvalue weighted by Gasteiger charge is -2.33. The van der Waals surface area contributed by atoms with Gasteiger partial charge in [0, 0.05) is 6.04 Å². The number of carbonyl (C=O) groups excluding carboxylic acids is 1. The van der Waals surface area contributed by atoms with Crippen LogP contribution in [0, 0.1) is 5.92 Å². The van der Waals surface area contributed by atoms with Crippen LogP contribution in [-0.2, 0) is 9.59 Å². The van der Waals surface area contributed by atoms with Crippen LogP contribution in [0.2, 0.25) is 5.02 Å². The highest BCUT2D eigenvalue weighted by Gasteiger charge is 2.36. The molecule has 2 rings (SSSR count). The van der Waals surface area contributed by atoms with Crippen molar-refractivity contribution in [2.24, 2.45) is 5.92 Å². The second-order valence-electron chi connectivity index (χ2n) is 5.16. The van der Waals surface area contributed by atoms with E-state index in [-0.39, 0.29) is 17.9 Å². The molecule has 5 nitrogen and oxygen atoms in total. The Hall–Kier alpha value is -1.75. The van der Waals surface area contributed by atoms with Gasteiger partial charge in [0.05, 0.1) is 10.9 Å². The number of rotatable bonds is 6. The minimum Gasteiger partial charge on any atom is -0.481 e. The summed E-state index contributed by atoms with van der Waals surface area (Å²) < 4.78 is 5.64. The number of carbonyl (C=O) groups is 2. The largest absolute Gasteiger partial charge is 0.481 e. The Morgan fingerprint density at radius 2 is 2.10 bits per heavy atom. The topological polar surface area (TPSA) is 75.6 Å². The van der Waals surface area contributed by atoms with Gasteiger partial charge in [0.25, 0.3) is 5.91 Å². The molecule has 0 bridgehead atoms. The highest BCUT2D eigenvalue weighted by atomic mass is 35.5. The summed E-state index contributed by atoms with van der Waals surface area (Å²) in [5.74, 6) is -0.913. The molecule has 2 N–H and O–H groups in total. The predicted octanol–water partition coefficient (Wildman–Crippen LogP) is 2.48. The lowest BCUT2D eigenvalue weighted by Crippen LogP contribution is -2.50. The van der Waals surface area contributed by atoms with Gasteiger partial charge >= 0.3 is 5.97 Å². The van der Waals surface area contributed by atoms with E-state index in [0.717, 1.165) is 0 Å². The Morgan fingerprint density at radius 3 is 2.67 bits per heavy atom. The van der Waals surface area contributed by atoms with Gasteiger partial charge in [-0.25, -0.2) is 0 Å². The van der Waals surface area contributed by atoms with Crippen LogP contribution in [0.5, 0.6) is 5.75 Å². The number of carboxylic acids is 1. The van der Waals surface area contributed by atoms with Crippen molar-refractivity contribution in [3.8, 4) is 5.75 Å². The van der Waals surface area contributed by atoms with Crippen molar-refractivity contribution in [1.82, 2.24) is 5.32 Å². The fraction of sp³-hybridized carbons (Fsp3) is 0.467. The van der Waals surface area contributed by atoms with Crippen molar-refractivity contribution in [2.75, 3.05) is 0 Å². The van der Waals surface area contributed by atoms with Gasteiger partial charge in [-0.1, -0.05) is 30.7 Å². The third-order valence-corrected chi connectivity index (χ3v) is 3.92. The van der Waals surface area contributed by atoms with E-state index in [0.29, 0.717) is 30.0 Å². The van der Waals surface area contributed by atoms with Gasteiger partial charge in [0.2, 0.25) is 0 Å². The van der Waals surface area contributed by atoms with E-state index in [1.807, 2.05) is 6.92 Å². The second kappa shape index (κ2) is 6.80. The SMILES string of the molecule is CCC(Oc1ccccc1Cl)C(=O)NC1CC(C(=O)O)C1. The van der Waals surface area contributed by atoms with E-state index in [9.17, 15) is 9.59 Å². The summed E-state index contributed by atoms with van der Waals surface area (Å²) in [6.45, 7) is 1.85. The van der Waals surface area contributed by atoms with Crippen molar-refractivity contribution >= 4 is 23.5 Å². The molecule has 114 valence electrons. The molecule has 1 saturated carbocycles. The normalized spacial score (nSPS) is 22.0. The molecule has 0 saturated heterocycles. The molecular formula is C15H18ClNO4. The molecule has 1 amide bonds. The van der Waals surface area contributed by atoms with Crippen LogP contribution in [0.3, 0.4) is 0 Å². The molecule has 1 aliphatic carbocycles. The number of aliphatic carboxylic acids is 1. The zero-order chi connectivity index (χ0) is 15.4. The highest BCUT2D eigenvalue weighted by molar-refractivity contribution is 6.32. The first-order chi connectivity index (χ1) is 10.0. The Kier molecular flexibility index (Phi) is 5.07. The van der Waals surface area contributed by atoms with Gasteiger partial charge in [0.1, 0.15) is 5.75 Å². The second-order valence-corrected chi connectivity index (χ2v) is 5.56. The first-order valence-electron chi connectivity index (χ1n) is 6.95. The van der Waals surface area contributed by atoms with Crippen LogP contribution >= 0.6 is 11.6 Å². The quantitative estimate of drug-likeness (QED) is 0.846. The number of halogens is 1. The first-order valence-corrected chi connectivity index (χ1v) is 7.33. The van der Waals surface area contributed by atoms with Crippen LogP contribution in [-0.4, -0.2) is 29.1 Å². The number of para-hydroxylation sites is 1.